The van der Waals surface area contributed by atoms with Crippen LogP contribution in [0.25, 0.3) is 0 Å². The Bertz CT molecular complexity index is 308. The highest BCUT2D eigenvalue weighted by atomic mass is 31.0. The quantitative estimate of drug-likeness (QED) is 0.753. The summed E-state index contributed by atoms with van der Waals surface area (Å²) in [5, 5.41) is 1.14. The molecular formula is C11H16NOP. The van der Waals surface area contributed by atoms with Crippen LogP contribution in [0.15, 0.2) is 24.3 Å². The van der Waals surface area contributed by atoms with Crippen molar-refractivity contribution in [1.82, 2.24) is 0 Å². The second-order valence-corrected chi connectivity index (χ2v) is 4.04. The van der Waals surface area contributed by atoms with Crippen LogP contribution in [0.4, 0.5) is 0 Å². The van der Waals surface area contributed by atoms with Crippen LogP contribution in [0.1, 0.15) is 18.9 Å². The van der Waals surface area contributed by atoms with E-state index in [2.05, 4.69) is 9.24 Å². The minimum atomic E-state index is -0.352. The van der Waals surface area contributed by atoms with Gasteiger partial charge in [-0.3, -0.25) is 4.79 Å². The van der Waals surface area contributed by atoms with Gasteiger partial charge in [0, 0.05) is 6.42 Å². The molecule has 0 bridgehead atoms. The number of nitrogens with two attached hydrogens (primary N) is 1. The van der Waals surface area contributed by atoms with Gasteiger partial charge in [-0.15, -0.1) is 9.24 Å². The van der Waals surface area contributed by atoms with Crippen molar-refractivity contribution in [1.29, 1.82) is 0 Å². The summed E-state index contributed by atoms with van der Waals surface area (Å²) in [5.74, 6) is 0.125. The first-order valence-corrected chi connectivity index (χ1v) is 5.34. The molecule has 0 saturated heterocycles. The van der Waals surface area contributed by atoms with Crippen LogP contribution in [-0.4, -0.2) is 11.8 Å². The largest absolute Gasteiger partial charge is 0.321 e. The van der Waals surface area contributed by atoms with Gasteiger partial charge in [-0.2, -0.15) is 0 Å². The fraction of sp³-hybridized carbons (Fsp3) is 0.364. The molecule has 0 heterocycles. The fourth-order valence-corrected chi connectivity index (χ4v) is 1.48. The first-order valence-electron chi connectivity index (χ1n) is 4.76. The molecule has 0 amide bonds. The van der Waals surface area contributed by atoms with Crippen LogP contribution in [0, 0.1) is 0 Å². The average molecular weight is 209 g/mol. The standard InChI is InChI=1S/C11H16NOP/c1-2-11(13)10(12)7-8-3-5-9(14)6-4-8/h3-6,10H,2,7,12,14H2,1H3. The van der Waals surface area contributed by atoms with E-state index in [-0.39, 0.29) is 11.8 Å². The van der Waals surface area contributed by atoms with Crippen molar-refractivity contribution in [3.63, 3.8) is 0 Å². The average Bonchev–Trinajstić information content (AvgIpc) is 2.20. The maximum absolute atomic E-state index is 11.3. The lowest BCUT2D eigenvalue weighted by Crippen LogP contribution is -2.32. The summed E-state index contributed by atoms with van der Waals surface area (Å²) in [6, 6.07) is 7.66. The van der Waals surface area contributed by atoms with Crippen LogP contribution < -0.4 is 11.0 Å². The summed E-state index contributed by atoms with van der Waals surface area (Å²) in [6.07, 6.45) is 1.15. The molecule has 2 atom stereocenters. The Kier molecular flexibility index (Phi) is 4.24. The molecule has 0 radical (unpaired) electrons. The Hall–Kier alpha value is -0.720. The fourth-order valence-electron chi connectivity index (χ4n) is 1.28. The number of hydrogen-bond acceptors (Lipinski definition) is 2. The van der Waals surface area contributed by atoms with Crippen LogP contribution in [0.2, 0.25) is 0 Å². The molecule has 3 heteroatoms. The third kappa shape index (κ3) is 3.21. The van der Waals surface area contributed by atoms with E-state index >= 15 is 0 Å². The molecule has 2 N–H and O–H groups in total. The molecule has 0 aliphatic carbocycles. The zero-order valence-electron chi connectivity index (χ0n) is 8.36. The van der Waals surface area contributed by atoms with E-state index in [9.17, 15) is 4.79 Å². The van der Waals surface area contributed by atoms with Gasteiger partial charge in [0.2, 0.25) is 0 Å². The second kappa shape index (κ2) is 5.23. The summed E-state index contributed by atoms with van der Waals surface area (Å²) in [6.45, 7) is 1.84. The van der Waals surface area contributed by atoms with Crippen LogP contribution in [-0.2, 0) is 11.2 Å². The van der Waals surface area contributed by atoms with Crippen LogP contribution in [0.5, 0.6) is 0 Å². The molecule has 2 unspecified atom stereocenters. The van der Waals surface area contributed by atoms with E-state index < -0.39 is 0 Å². The van der Waals surface area contributed by atoms with Gasteiger partial charge < -0.3 is 5.73 Å². The molecule has 0 aliphatic rings. The summed E-state index contributed by atoms with van der Waals surface area (Å²) in [7, 11) is 2.63. The highest BCUT2D eigenvalue weighted by Crippen LogP contribution is 2.03. The third-order valence-electron chi connectivity index (χ3n) is 2.20. The number of Topliss-reactive ketones (excluding diaryl/α,β-unsaturated/α-hetero) is 1. The maximum atomic E-state index is 11.3. The maximum Gasteiger partial charge on any atom is 0.149 e. The molecule has 14 heavy (non-hydrogen) atoms. The van der Waals surface area contributed by atoms with Crippen LogP contribution >= 0.6 is 9.24 Å². The Morgan fingerprint density at radius 1 is 1.43 bits per heavy atom. The summed E-state index contributed by atoms with van der Waals surface area (Å²) >= 11 is 0. The minimum Gasteiger partial charge on any atom is -0.321 e. The van der Waals surface area contributed by atoms with Crippen molar-refractivity contribution in [2.45, 2.75) is 25.8 Å². The Morgan fingerprint density at radius 2 is 2.00 bits per heavy atom. The van der Waals surface area contributed by atoms with E-state index in [4.69, 9.17) is 5.73 Å². The van der Waals surface area contributed by atoms with Crippen molar-refractivity contribution in [2.24, 2.45) is 5.73 Å². The summed E-state index contributed by atoms with van der Waals surface area (Å²) < 4.78 is 0. The molecule has 0 saturated carbocycles. The molecule has 0 fully saturated rings. The molecule has 1 aromatic rings. The molecule has 0 aromatic heterocycles. The third-order valence-corrected chi connectivity index (χ3v) is 2.58. The SMILES string of the molecule is CCC(=O)C(N)Cc1ccc(P)cc1. The predicted molar refractivity (Wildman–Crippen MR) is 62.8 cm³/mol. The van der Waals surface area contributed by atoms with Gasteiger partial charge >= 0.3 is 0 Å². The first kappa shape index (κ1) is 11.4. The predicted octanol–water partition coefficient (Wildman–Crippen LogP) is 1.04. The highest BCUT2D eigenvalue weighted by molar-refractivity contribution is 7.27. The van der Waals surface area contributed by atoms with Crippen molar-refractivity contribution < 1.29 is 4.79 Å². The second-order valence-electron chi connectivity index (χ2n) is 3.37. The molecule has 2 nitrogen and oxygen atoms in total. The van der Waals surface area contributed by atoms with E-state index in [1.54, 1.807) is 0 Å². The summed E-state index contributed by atoms with van der Waals surface area (Å²) in [5.41, 5.74) is 6.86. The van der Waals surface area contributed by atoms with E-state index in [0.717, 1.165) is 10.9 Å². The number of hydrogen-bond donors (Lipinski definition) is 1. The lowest BCUT2D eigenvalue weighted by molar-refractivity contribution is -0.119. The van der Waals surface area contributed by atoms with Crippen molar-refractivity contribution in [3.8, 4) is 0 Å². The van der Waals surface area contributed by atoms with Crippen molar-refractivity contribution in [2.75, 3.05) is 0 Å². The van der Waals surface area contributed by atoms with E-state index in [0.29, 0.717) is 12.8 Å². The van der Waals surface area contributed by atoms with Gasteiger partial charge in [-0.1, -0.05) is 31.2 Å². The molecule has 1 rings (SSSR count). The molecule has 76 valence electrons. The number of carbonyl (C=O) groups is 1. The normalized spacial score (nSPS) is 12.5. The van der Waals surface area contributed by atoms with Crippen LogP contribution in [0.3, 0.4) is 0 Å². The van der Waals surface area contributed by atoms with Crippen molar-refractivity contribution >= 4 is 20.3 Å². The molecule has 0 aliphatic heterocycles. The van der Waals surface area contributed by atoms with Gasteiger partial charge in [-0.25, -0.2) is 0 Å². The van der Waals surface area contributed by atoms with Gasteiger partial charge in [0.15, 0.2) is 0 Å². The zero-order chi connectivity index (χ0) is 10.6. The number of ketones is 1. The Balaban J connectivity index is 2.60. The minimum absolute atomic E-state index is 0.125. The number of carbonyl (C=O) groups excluding carboxylic acids is 1. The molecular weight excluding hydrogens is 193 g/mol. The topological polar surface area (TPSA) is 43.1 Å². The van der Waals surface area contributed by atoms with Gasteiger partial charge in [-0.05, 0) is 17.3 Å². The molecule has 0 spiro atoms. The molecule has 1 aromatic carbocycles. The number of rotatable bonds is 4. The lowest BCUT2D eigenvalue weighted by atomic mass is 10.0. The summed E-state index contributed by atoms with van der Waals surface area (Å²) in [4.78, 5) is 11.3. The van der Waals surface area contributed by atoms with E-state index in [1.807, 2.05) is 31.2 Å². The first-order chi connectivity index (χ1) is 6.63. The Morgan fingerprint density at radius 3 is 2.50 bits per heavy atom. The van der Waals surface area contributed by atoms with Crippen molar-refractivity contribution in [3.05, 3.63) is 29.8 Å². The van der Waals surface area contributed by atoms with E-state index in [1.165, 1.54) is 0 Å². The highest BCUT2D eigenvalue weighted by Gasteiger charge is 2.11. The van der Waals surface area contributed by atoms with Gasteiger partial charge in [0.05, 0.1) is 6.04 Å². The smallest absolute Gasteiger partial charge is 0.149 e. The monoisotopic (exact) mass is 209 g/mol. The van der Waals surface area contributed by atoms with Gasteiger partial charge in [0.25, 0.3) is 0 Å². The Labute approximate surface area is 87.1 Å². The number of benzene rings is 1. The zero-order valence-corrected chi connectivity index (χ0v) is 9.52. The lowest BCUT2D eigenvalue weighted by Gasteiger charge is -2.09. The van der Waals surface area contributed by atoms with Gasteiger partial charge in [0.1, 0.15) is 5.78 Å².